The summed E-state index contributed by atoms with van der Waals surface area (Å²) in [6.07, 6.45) is 1.61. The monoisotopic (exact) mass is 287 g/mol. The molecule has 0 saturated carbocycles. The van der Waals surface area contributed by atoms with Gasteiger partial charge in [0, 0.05) is 24.4 Å². The number of nitrogens with zero attached hydrogens (tertiary/aromatic N) is 1. The molecular weight excluding hydrogens is 270 g/mol. The first-order valence-corrected chi connectivity index (χ1v) is 6.50. The molecule has 0 atom stereocenters. The maximum Gasteiger partial charge on any atom is 0.255 e. The smallest absolute Gasteiger partial charge is 0.255 e. The number of aryl methyl sites for hydroxylation is 1. The van der Waals surface area contributed by atoms with Crippen molar-refractivity contribution in [2.24, 2.45) is 0 Å². The van der Waals surface area contributed by atoms with Crippen molar-refractivity contribution in [3.05, 3.63) is 52.4 Å². The van der Waals surface area contributed by atoms with E-state index in [0.717, 1.165) is 0 Å². The molecule has 2 rings (SSSR count). The standard InChI is InChI=1S/C15H17N3O3/c1-3-18-9-11(5-7-14(18)19)17-15(20)10-4-6-12(16)13(8-10)21-2/h4-9H,3,16H2,1-2H3,(H,17,20). The van der Waals surface area contributed by atoms with Gasteiger partial charge in [-0.1, -0.05) is 0 Å². The van der Waals surface area contributed by atoms with Crippen LogP contribution in [0.4, 0.5) is 11.4 Å². The molecule has 0 spiro atoms. The first-order chi connectivity index (χ1) is 10.0. The molecule has 6 heteroatoms. The van der Waals surface area contributed by atoms with Gasteiger partial charge in [-0.2, -0.15) is 0 Å². The molecule has 21 heavy (non-hydrogen) atoms. The third-order valence-electron chi connectivity index (χ3n) is 3.08. The van der Waals surface area contributed by atoms with Crippen molar-refractivity contribution in [2.45, 2.75) is 13.5 Å². The van der Waals surface area contributed by atoms with Crippen molar-refractivity contribution in [1.29, 1.82) is 0 Å². The maximum atomic E-state index is 12.2. The highest BCUT2D eigenvalue weighted by molar-refractivity contribution is 6.04. The number of nitrogens with two attached hydrogens (primary N) is 1. The van der Waals surface area contributed by atoms with Crippen molar-refractivity contribution >= 4 is 17.3 Å². The Morgan fingerprint density at radius 2 is 2.10 bits per heavy atom. The largest absolute Gasteiger partial charge is 0.495 e. The van der Waals surface area contributed by atoms with E-state index in [-0.39, 0.29) is 11.5 Å². The molecule has 2 aromatic rings. The van der Waals surface area contributed by atoms with Gasteiger partial charge in [0.15, 0.2) is 0 Å². The van der Waals surface area contributed by atoms with E-state index in [4.69, 9.17) is 10.5 Å². The van der Waals surface area contributed by atoms with Crippen LogP contribution in [0.1, 0.15) is 17.3 Å². The minimum Gasteiger partial charge on any atom is -0.495 e. The van der Waals surface area contributed by atoms with Crippen LogP contribution in [0.5, 0.6) is 5.75 Å². The molecular formula is C15H17N3O3. The van der Waals surface area contributed by atoms with Gasteiger partial charge < -0.3 is 20.4 Å². The molecule has 0 radical (unpaired) electrons. The fourth-order valence-corrected chi connectivity index (χ4v) is 1.91. The van der Waals surface area contributed by atoms with Crippen LogP contribution in [0.3, 0.4) is 0 Å². The Morgan fingerprint density at radius 1 is 1.33 bits per heavy atom. The minimum absolute atomic E-state index is 0.107. The highest BCUT2D eigenvalue weighted by Gasteiger charge is 2.09. The molecule has 0 aliphatic rings. The Morgan fingerprint density at radius 3 is 2.76 bits per heavy atom. The molecule has 0 aliphatic carbocycles. The van der Waals surface area contributed by atoms with Gasteiger partial charge in [0.05, 0.1) is 18.5 Å². The molecule has 0 fully saturated rings. The van der Waals surface area contributed by atoms with E-state index in [1.807, 2.05) is 6.92 Å². The molecule has 1 heterocycles. The van der Waals surface area contributed by atoms with Gasteiger partial charge in [-0.05, 0) is 31.2 Å². The van der Waals surface area contributed by atoms with Crippen LogP contribution in [0.15, 0.2) is 41.3 Å². The Kier molecular flexibility index (Phi) is 4.27. The van der Waals surface area contributed by atoms with Crippen LogP contribution >= 0.6 is 0 Å². The summed E-state index contributed by atoms with van der Waals surface area (Å²) < 4.78 is 6.60. The molecule has 1 aromatic heterocycles. The Bertz CT molecular complexity index is 722. The fraction of sp³-hybridized carbons (Fsp3) is 0.200. The number of carbonyl (C=O) groups is 1. The molecule has 0 unspecified atom stereocenters. The highest BCUT2D eigenvalue weighted by Crippen LogP contribution is 2.22. The highest BCUT2D eigenvalue weighted by atomic mass is 16.5. The predicted molar refractivity (Wildman–Crippen MR) is 81.7 cm³/mol. The second-order valence-electron chi connectivity index (χ2n) is 4.45. The summed E-state index contributed by atoms with van der Waals surface area (Å²) in [5.41, 5.74) is 7.05. The number of benzene rings is 1. The number of hydrogen-bond donors (Lipinski definition) is 2. The lowest BCUT2D eigenvalue weighted by Gasteiger charge is -2.10. The third-order valence-corrected chi connectivity index (χ3v) is 3.08. The number of amides is 1. The van der Waals surface area contributed by atoms with Gasteiger partial charge in [-0.15, -0.1) is 0 Å². The first kappa shape index (κ1) is 14.6. The number of carbonyl (C=O) groups excluding carboxylic acids is 1. The normalized spacial score (nSPS) is 10.2. The number of nitrogen functional groups attached to an aromatic ring is 1. The summed E-state index contributed by atoms with van der Waals surface area (Å²) in [6, 6.07) is 7.79. The third kappa shape index (κ3) is 3.22. The molecule has 1 aromatic carbocycles. The average molecular weight is 287 g/mol. The van der Waals surface area contributed by atoms with Crippen LogP contribution in [0, 0.1) is 0 Å². The van der Waals surface area contributed by atoms with E-state index < -0.39 is 0 Å². The van der Waals surface area contributed by atoms with Gasteiger partial charge in [0.1, 0.15) is 5.75 Å². The van der Waals surface area contributed by atoms with E-state index in [0.29, 0.717) is 29.2 Å². The predicted octanol–water partition coefficient (Wildman–Crippen LogP) is 1.71. The molecule has 0 bridgehead atoms. The molecule has 110 valence electrons. The lowest BCUT2D eigenvalue weighted by Crippen LogP contribution is -2.19. The number of rotatable bonds is 4. The van der Waals surface area contributed by atoms with E-state index in [1.165, 1.54) is 17.7 Å². The molecule has 6 nitrogen and oxygen atoms in total. The molecule has 0 aliphatic heterocycles. The van der Waals surface area contributed by atoms with Crippen LogP contribution in [-0.2, 0) is 6.54 Å². The minimum atomic E-state index is -0.297. The zero-order valence-corrected chi connectivity index (χ0v) is 11.9. The van der Waals surface area contributed by atoms with Gasteiger partial charge >= 0.3 is 0 Å². The van der Waals surface area contributed by atoms with Crippen molar-refractivity contribution in [3.63, 3.8) is 0 Å². The quantitative estimate of drug-likeness (QED) is 0.838. The van der Waals surface area contributed by atoms with Crippen LogP contribution in [0.2, 0.25) is 0 Å². The Balaban J connectivity index is 2.23. The lowest BCUT2D eigenvalue weighted by atomic mass is 10.1. The van der Waals surface area contributed by atoms with Crippen molar-refractivity contribution in [3.8, 4) is 5.75 Å². The second-order valence-corrected chi connectivity index (χ2v) is 4.45. The molecule has 1 amide bonds. The van der Waals surface area contributed by atoms with E-state index in [1.54, 1.807) is 30.5 Å². The van der Waals surface area contributed by atoms with Crippen molar-refractivity contribution in [1.82, 2.24) is 4.57 Å². The SMILES string of the molecule is CCn1cc(NC(=O)c2ccc(N)c(OC)c2)ccc1=O. The summed E-state index contributed by atoms with van der Waals surface area (Å²) in [7, 11) is 1.49. The lowest BCUT2D eigenvalue weighted by molar-refractivity contribution is 0.102. The second kappa shape index (κ2) is 6.13. The number of ether oxygens (including phenoxy) is 1. The van der Waals surface area contributed by atoms with Crippen LogP contribution in [0.25, 0.3) is 0 Å². The van der Waals surface area contributed by atoms with E-state index in [9.17, 15) is 9.59 Å². The summed E-state index contributed by atoms with van der Waals surface area (Å²) in [6.45, 7) is 2.40. The Hall–Kier alpha value is -2.76. The fourth-order valence-electron chi connectivity index (χ4n) is 1.91. The topological polar surface area (TPSA) is 86.3 Å². The average Bonchev–Trinajstić information content (AvgIpc) is 2.49. The van der Waals surface area contributed by atoms with Crippen molar-refractivity contribution in [2.75, 3.05) is 18.2 Å². The van der Waals surface area contributed by atoms with E-state index >= 15 is 0 Å². The number of aromatic nitrogens is 1. The van der Waals surface area contributed by atoms with Crippen molar-refractivity contribution < 1.29 is 9.53 Å². The summed E-state index contributed by atoms with van der Waals surface area (Å²) in [5.74, 6) is 0.149. The number of methoxy groups -OCH3 is 1. The summed E-state index contributed by atoms with van der Waals surface area (Å²) >= 11 is 0. The number of pyridine rings is 1. The number of hydrogen-bond acceptors (Lipinski definition) is 4. The zero-order valence-electron chi connectivity index (χ0n) is 11.9. The van der Waals surface area contributed by atoms with Crippen LogP contribution < -0.4 is 21.3 Å². The molecule has 3 N–H and O–H groups in total. The summed E-state index contributed by atoms with van der Waals surface area (Å²) in [4.78, 5) is 23.7. The van der Waals surface area contributed by atoms with Gasteiger partial charge in [-0.3, -0.25) is 9.59 Å². The number of anilines is 2. The van der Waals surface area contributed by atoms with Gasteiger partial charge in [-0.25, -0.2) is 0 Å². The molecule has 0 saturated heterocycles. The zero-order chi connectivity index (χ0) is 15.4. The number of nitrogens with one attached hydrogen (secondary N) is 1. The van der Waals surface area contributed by atoms with Gasteiger partial charge in [0.2, 0.25) is 0 Å². The van der Waals surface area contributed by atoms with E-state index in [2.05, 4.69) is 5.32 Å². The first-order valence-electron chi connectivity index (χ1n) is 6.50. The Labute approximate surface area is 122 Å². The summed E-state index contributed by atoms with van der Waals surface area (Å²) in [5, 5.41) is 2.74. The van der Waals surface area contributed by atoms with Crippen LogP contribution in [-0.4, -0.2) is 17.6 Å². The maximum absolute atomic E-state index is 12.2. The van der Waals surface area contributed by atoms with Gasteiger partial charge in [0.25, 0.3) is 11.5 Å².